The molecule has 178 valence electrons. The van der Waals surface area contributed by atoms with Crippen LogP contribution in [0.25, 0.3) is 22.3 Å². The average molecular weight is 475 g/mol. The molecule has 6 rings (SSSR count). The summed E-state index contributed by atoms with van der Waals surface area (Å²) >= 11 is 0. The summed E-state index contributed by atoms with van der Waals surface area (Å²) in [5, 5.41) is 6.91. The number of aromatic nitrogens is 5. The Morgan fingerprint density at radius 2 is 1.89 bits per heavy atom. The molecule has 1 unspecified atom stereocenters. The van der Waals surface area contributed by atoms with Gasteiger partial charge < -0.3 is 16.4 Å². The van der Waals surface area contributed by atoms with Crippen molar-refractivity contribution in [2.75, 3.05) is 17.6 Å². The second-order valence-electron chi connectivity index (χ2n) is 9.08. The molecule has 1 aliphatic heterocycles. The first-order valence-corrected chi connectivity index (χ1v) is 11.8. The lowest BCUT2D eigenvalue weighted by molar-refractivity contribution is 0.396. The number of hydrogen-bond acceptors (Lipinski definition) is 8. The number of nitrogen functional groups attached to an aromatic ring is 1. The summed E-state index contributed by atoms with van der Waals surface area (Å²) in [5.74, 6) is -0.0246. The van der Waals surface area contributed by atoms with Gasteiger partial charge in [-0.1, -0.05) is 6.42 Å². The lowest BCUT2D eigenvalue weighted by Gasteiger charge is -2.24. The number of piperidine rings is 1. The van der Waals surface area contributed by atoms with Crippen LogP contribution < -0.4 is 16.4 Å². The molecule has 4 aromatic rings. The van der Waals surface area contributed by atoms with E-state index in [4.69, 9.17) is 5.73 Å². The highest BCUT2D eigenvalue weighted by Crippen LogP contribution is 2.43. The molecule has 8 nitrogen and oxygen atoms in total. The van der Waals surface area contributed by atoms with E-state index in [1.54, 1.807) is 24.5 Å². The standard InChI is InChI=1S/C25H24F2N8/c26-19-10-15(17-3-1-2-7-30-17)22(27)25(33-19)34-20-9-14(6-8-31-20)24-32-18-12-29-11-16(13-4-5-13)21(18)23(28)35-24/h6,8-13,17,30H,1-5,7H2,(H2,28,32,35)(H,31,33,34). The maximum Gasteiger partial charge on any atom is 0.215 e. The number of halogens is 2. The van der Waals surface area contributed by atoms with E-state index in [0.717, 1.165) is 55.7 Å². The van der Waals surface area contributed by atoms with E-state index in [1.165, 1.54) is 0 Å². The van der Waals surface area contributed by atoms with E-state index in [9.17, 15) is 4.39 Å². The number of anilines is 3. The molecule has 0 aromatic carbocycles. The van der Waals surface area contributed by atoms with Crippen LogP contribution in [0.3, 0.4) is 0 Å². The SMILES string of the molecule is Nc1nc(-c2ccnc(Nc3nc(F)cc(C4CCCCN4)c3F)c2)nc2cncc(C3CC3)c12. The van der Waals surface area contributed by atoms with Crippen LogP contribution in [0, 0.1) is 11.8 Å². The van der Waals surface area contributed by atoms with E-state index in [1.807, 2.05) is 6.20 Å². The molecule has 0 bridgehead atoms. The van der Waals surface area contributed by atoms with Crippen LogP contribution in [0.5, 0.6) is 0 Å². The molecular weight excluding hydrogens is 450 g/mol. The third-order valence-electron chi connectivity index (χ3n) is 6.59. The molecule has 2 aliphatic rings. The molecule has 4 aromatic heterocycles. The number of pyridine rings is 3. The van der Waals surface area contributed by atoms with Crippen LogP contribution >= 0.6 is 0 Å². The van der Waals surface area contributed by atoms with Crippen molar-refractivity contribution in [1.82, 2.24) is 30.2 Å². The molecule has 35 heavy (non-hydrogen) atoms. The van der Waals surface area contributed by atoms with Gasteiger partial charge in [0.15, 0.2) is 17.5 Å². The van der Waals surface area contributed by atoms with Gasteiger partial charge in [-0.05, 0) is 55.8 Å². The van der Waals surface area contributed by atoms with Gasteiger partial charge in [0, 0.05) is 41.0 Å². The fourth-order valence-corrected chi connectivity index (χ4v) is 4.70. The highest BCUT2D eigenvalue weighted by atomic mass is 19.1. The minimum atomic E-state index is -0.753. The van der Waals surface area contributed by atoms with Gasteiger partial charge in [0.2, 0.25) is 5.95 Å². The van der Waals surface area contributed by atoms with E-state index in [2.05, 4.69) is 35.6 Å². The lowest BCUT2D eigenvalue weighted by atomic mass is 9.98. The Morgan fingerprint density at radius 1 is 1.00 bits per heavy atom. The monoisotopic (exact) mass is 474 g/mol. The molecule has 1 atom stereocenters. The molecule has 1 saturated heterocycles. The zero-order valence-corrected chi connectivity index (χ0v) is 18.9. The molecule has 2 fully saturated rings. The predicted octanol–water partition coefficient (Wildman–Crippen LogP) is 4.78. The Bertz CT molecular complexity index is 1420. The minimum absolute atomic E-state index is 0.214. The first-order chi connectivity index (χ1) is 17.1. The number of hydrogen-bond donors (Lipinski definition) is 3. The smallest absolute Gasteiger partial charge is 0.215 e. The van der Waals surface area contributed by atoms with Crippen LogP contribution in [-0.4, -0.2) is 31.5 Å². The van der Waals surface area contributed by atoms with Gasteiger partial charge in [-0.2, -0.15) is 9.37 Å². The van der Waals surface area contributed by atoms with Gasteiger partial charge in [0.1, 0.15) is 11.6 Å². The van der Waals surface area contributed by atoms with Crippen LogP contribution in [0.1, 0.15) is 55.2 Å². The summed E-state index contributed by atoms with van der Waals surface area (Å²) in [6.07, 6.45) is 10.0. The van der Waals surface area contributed by atoms with Gasteiger partial charge in [-0.25, -0.2) is 19.3 Å². The average Bonchev–Trinajstić information content (AvgIpc) is 3.72. The zero-order chi connectivity index (χ0) is 23.9. The fourth-order valence-electron chi connectivity index (χ4n) is 4.70. The molecule has 0 amide bonds. The summed E-state index contributed by atoms with van der Waals surface area (Å²) in [7, 11) is 0. The van der Waals surface area contributed by atoms with Crippen molar-refractivity contribution >= 4 is 28.4 Å². The molecule has 1 saturated carbocycles. The molecular formula is C25H24F2N8. The van der Waals surface area contributed by atoms with Crippen LogP contribution in [0.2, 0.25) is 0 Å². The minimum Gasteiger partial charge on any atom is -0.383 e. The second kappa shape index (κ2) is 8.77. The largest absolute Gasteiger partial charge is 0.383 e. The van der Waals surface area contributed by atoms with E-state index >= 15 is 4.39 Å². The number of rotatable bonds is 5. The molecule has 1 aliphatic carbocycles. The summed E-state index contributed by atoms with van der Waals surface area (Å²) in [5.41, 5.74) is 8.97. The van der Waals surface area contributed by atoms with Gasteiger partial charge in [0.05, 0.1) is 11.7 Å². The Labute approximate surface area is 200 Å². The second-order valence-corrected chi connectivity index (χ2v) is 9.08. The Morgan fingerprint density at radius 3 is 2.69 bits per heavy atom. The van der Waals surface area contributed by atoms with Gasteiger partial charge in [0.25, 0.3) is 0 Å². The van der Waals surface area contributed by atoms with Gasteiger partial charge in [-0.3, -0.25) is 4.98 Å². The van der Waals surface area contributed by atoms with Crippen molar-refractivity contribution in [1.29, 1.82) is 0 Å². The van der Waals surface area contributed by atoms with Gasteiger partial charge >= 0.3 is 0 Å². The summed E-state index contributed by atoms with van der Waals surface area (Å²) in [6.45, 7) is 0.771. The van der Waals surface area contributed by atoms with Crippen LogP contribution in [0.4, 0.5) is 26.2 Å². The van der Waals surface area contributed by atoms with Crippen molar-refractivity contribution in [3.63, 3.8) is 0 Å². The highest BCUT2D eigenvalue weighted by molar-refractivity contribution is 5.92. The molecule has 0 spiro atoms. The third-order valence-corrected chi connectivity index (χ3v) is 6.59. The van der Waals surface area contributed by atoms with Crippen molar-refractivity contribution in [3.05, 3.63) is 59.7 Å². The number of nitrogens with zero attached hydrogens (tertiary/aromatic N) is 5. The first kappa shape index (κ1) is 21.7. The number of fused-ring (bicyclic) bond motifs is 1. The molecule has 0 radical (unpaired) electrons. The van der Waals surface area contributed by atoms with Crippen molar-refractivity contribution < 1.29 is 8.78 Å². The van der Waals surface area contributed by atoms with Crippen molar-refractivity contribution in [3.8, 4) is 11.4 Å². The van der Waals surface area contributed by atoms with E-state index < -0.39 is 11.8 Å². The molecule has 10 heteroatoms. The molecule has 5 heterocycles. The van der Waals surface area contributed by atoms with Crippen LogP contribution in [-0.2, 0) is 0 Å². The molecule has 4 N–H and O–H groups in total. The topological polar surface area (TPSA) is 115 Å². The van der Waals surface area contributed by atoms with Crippen LogP contribution in [0.15, 0.2) is 36.8 Å². The lowest BCUT2D eigenvalue weighted by Crippen LogP contribution is -2.28. The Hall–Kier alpha value is -3.79. The number of nitrogens with one attached hydrogen (secondary N) is 2. The Kier molecular flexibility index (Phi) is 5.44. The highest BCUT2D eigenvalue weighted by Gasteiger charge is 2.27. The maximum atomic E-state index is 15.3. The summed E-state index contributed by atoms with van der Waals surface area (Å²) < 4.78 is 29.6. The maximum absolute atomic E-state index is 15.3. The van der Waals surface area contributed by atoms with Crippen molar-refractivity contribution in [2.24, 2.45) is 0 Å². The van der Waals surface area contributed by atoms with Gasteiger partial charge in [-0.15, -0.1) is 0 Å². The fraction of sp³-hybridized carbons (Fsp3) is 0.320. The Balaban J connectivity index is 1.33. The summed E-state index contributed by atoms with van der Waals surface area (Å²) in [4.78, 5) is 21.5. The number of nitrogens with two attached hydrogens (primary N) is 1. The first-order valence-electron chi connectivity index (χ1n) is 11.8. The normalized spacial score (nSPS) is 18.1. The zero-order valence-electron chi connectivity index (χ0n) is 18.9. The third kappa shape index (κ3) is 4.25. The quantitative estimate of drug-likeness (QED) is 0.354. The van der Waals surface area contributed by atoms with E-state index in [-0.39, 0.29) is 23.2 Å². The van der Waals surface area contributed by atoms with E-state index in [0.29, 0.717) is 28.6 Å². The summed E-state index contributed by atoms with van der Waals surface area (Å²) in [6, 6.07) is 4.30. The predicted molar refractivity (Wildman–Crippen MR) is 129 cm³/mol. The van der Waals surface area contributed by atoms with Crippen molar-refractivity contribution in [2.45, 2.75) is 44.1 Å².